The molecule has 0 saturated carbocycles. The number of likely N-dealkylation sites (tertiary alicyclic amines) is 1. The second-order valence-corrected chi connectivity index (χ2v) is 3.81. The van der Waals surface area contributed by atoms with E-state index < -0.39 is 12.2 Å². The fourth-order valence-electron chi connectivity index (χ4n) is 1.45. The molecular formula is C9H19NO3. The summed E-state index contributed by atoms with van der Waals surface area (Å²) < 4.78 is 5.37. The van der Waals surface area contributed by atoms with E-state index in [0.29, 0.717) is 19.7 Å². The topological polar surface area (TPSA) is 52.9 Å². The van der Waals surface area contributed by atoms with Gasteiger partial charge in [-0.3, -0.25) is 4.90 Å². The van der Waals surface area contributed by atoms with Crippen molar-refractivity contribution < 1.29 is 14.9 Å². The van der Waals surface area contributed by atoms with Crippen LogP contribution < -0.4 is 0 Å². The van der Waals surface area contributed by atoms with E-state index in [1.165, 1.54) is 0 Å². The smallest absolute Gasteiger partial charge is 0.0938 e. The van der Waals surface area contributed by atoms with E-state index in [1.807, 2.05) is 18.7 Å². The number of aliphatic hydroxyl groups excluding tert-OH is 2. The second kappa shape index (κ2) is 4.91. The molecule has 0 aromatic heterocycles. The molecule has 0 bridgehead atoms. The summed E-state index contributed by atoms with van der Waals surface area (Å²) in [7, 11) is 0. The summed E-state index contributed by atoms with van der Waals surface area (Å²) in [5, 5.41) is 18.5. The molecule has 13 heavy (non-hydrogen) atoms. The molecule has 0 radical (unpaired) electrons. The minimum absolute atomic E-state index is 0.248. The molecule has 1 saturated heterocycles. The lowest BCUT2D eigenvalue weighted by Crippen LogP contribution is -2.27. The largest absolute Gasteiger partial charge is 0.389 e. The van der Waals surface area contributed by atoms with E-state index in [4.69, 9.17) is 4.74 Å². The first-order chi connectivity index (χ1) is 6.09. The number of β-amino-alcohol motifs (C(OH)–C–C–N with tert-alkyl or cyclic N) is 2. The van der Waals surface area contributed by atoms with E-state index in [0.717, 1.165) is 6.54 Å². The predicted octanol–water partition coefficient (Wildman–Crippen LogP) is -0.551. The van der Waals surface area contributed by atoms with Crippen molar-refractivity contribution in [2.24, 2.45) is 0 Å². The molecule has 4 nitrogen and oxygen atoms in total. The van der Waals surface area contributed by atoms with Gasteiger partial charge in [-0.25, -0.2) is 0 Å². The number of hydrogen-bond donors (Lipinski definition) is 2. The van der Waals surface area contributed by atoms with Crippen molar-refractivity contribution in [1.82, 2.24) is 4.90 Å². The number of ether oxygens (including phenoxy) is 1. The molecule has 0 amide bonds. The molecule has 0 aliphatic carbocycles. The van der Waals surface area contributed by atoms with Crippen molar-refractivity contribution in [3.63, 3.8) is 0 Å². The van der Waals surface area contributed by atoms with E-state index >= 15 is 0 Å². The first-order valence-electron chi connectivity index (χ1n) is 4.79. The van der Waals surface area contributed by atoms with Crippen LogP contribution in [0.2, 0.25) is 0 Å². The van der Waals surface area contributed by atoms with Crippen LogP contribution in [0.5, 0.6) is 0 Å². The summed E-state index contributed by atoms with van der Waals surface area (Å²) in [4.78, 5) is 2.01. The fraction of sp³-hybridized carbons (Fsp3) is 1.00. The monoisotopic (exact) mass is 189 g/mol. The zero-order valence-electron chi connectivity index (χ0n) is 8.31. The third-order valence-electron chi connectivity index (χ3n) is 2.19. The van der Waals surface area contributed by atoms with Crippen molar-refractivity contribution in [2.45, 2.75) is 32.2 Å². The Hall–Kier alpha value is -0.160. The van der Waals surface area contributed by atoms with Crippen LogP contribution >= 0.6 is 0 Å². The standard InChI is InChI=1S/C9H19NO3/c1-7(2)13-4-3-10-5-8(11)9(12)6-10/h7-9,11-12H,3-6H2,1-2H3. The van der Waals surface area contributed by atoms with Gasteiger partial charge in [-0.1, -0.05) is 0 Å². The molecule has 78 valence electrons. The SMILES string of the molecule is CC(C)OCCN1CC(O)C(O)C1. The maximum absolute atomic E-state index is 9.24. The minimum atomic E-state index is -0.584. The van der Waals surface area contributed by atoms with E-state index in [2.05, 4.69) is 0 Å². The normalized spacial score (nSPS) is 30.2. The summed E-state index contributed by atoms with van der Waals surface area (Å²) in [6.45, 7) is 6.55. The molecular weight excluding hydrogens is 170 g/mol. The van der Waals surface area contributed by atoms with Crippen LogP contribution in [0.3, 0.4) is 0 Å². The van der Waals surface area contributed by atoms with Gasteiger partial charge >= 0.3 is 0 Å². The highest BCUT2D eigenvalue weighted by atomic mass is 16.5. The Morgan fingerprint density at radius 3 is 2.31 bits per heavy atom. The van der Waals surface area contributed by atoms with Crippen molar-refractivity contribution in [1.29, 1.82) is 0 Å². The van der Waals surface area contributed by atoms with Crippen molar-refractivity contribution >= 4 is 0 Å². The number of rotatable bonds is 4. The average Bonchev–Trinajstić information content (AvgIpc) is 2.30. The molecule has 0 aromatic carbocycles. The number of nitrogens with zero attached hydrogens (tertiary/aromatic N) is 1. The fourth-order valence-corrected chi connectivity index (χ4v) is 1.45. The molecule has 0 aromatic rings. The molecule has 0 spiro atoms. The Balaban J connectivity index is 2.10. The van der Waals surface area contributed by atoms with Gasteiger partial charge < -0.3 is 14.9 Å². The lowest BCUT2D eigenvalue weighted by molar-refractivity contribution is 0.0572. The molecule has 1 aliphatic rings. The van der Waals surface area contributed by atoms with Crippen LogP contribution in [0, 0.1) is 0 Å². The third-order valence-corrected chi connectivity index (χ3v) is 2.19. The Labute approximate surface area is 79.1 Å². The Kier molecular flexibility index (Phi) is 4.12. The van der Waals surface area contributed by atoms with Gasteiger partial charge in [0.25, 0.3) is 0 Å². The van der Waals surface area contributed by atoms with Crippen LogP contribution in [0.1, 0.15) is 13.8 Å². The highest BCUT2D eigenvalue weighted by Gasteiger charge is 2.28. The summed E-state index contributed by atoms with van der Waals surface area (Å²) in [5.74, 6) is 0. The average molecular weight is 189 g/mol. The summed E-state index contributed by atoms with van der Waals surface area (Å²) in [6.07, 6.45) is -0.921. The molecule has 1 aliphatic heterocycles. The Morgan fingerprint density at radius 1 is 1.31 bits per heavy atom. The third kappa shape index (κ3) is 3.60. The van der Waals surface area contributed by atoms with Gasteiger partial charge in [-0.2, -0.15) is 0 Å². The Bertz CT molecular complexity index is 142. The van der Waals surface area contributed by atoms with Gasteiger partial charge in [-0.05, 0) is 13.8 Å². The van der Waals surface area contributed by atoms with Gasteiger partial charge in [0, 0.05) is 19.6 Å². The maximum Gasteiger partial charge on any atom is 0.0938 e. The van der Waals surface area contributed by atoms with Gasteiger partial charge in [0.2, 0.25) is 0 Å². The molecule has 1 fully saturated rings. The minimum Gasteiger partial charge on any atom is -0.389 e. The van der Waals surface area contributed by atoms with Crippen molar-refractivity contribution in [3.05, 3.63) is 0 Å². The van der Waals surface area contributed by atoms with E-state index in [-0.39, 0.29) is 6.10 Å². The quantitative estimate of drug-likeness (QED) is 0.623. The lowest BCUT2D eigenvalue weighted by Gasteiger charge is -2.15. The molecule has 4 heteroatoms. The van der Waals surface area contributed by atoms with Crippen LogP contribution in [-0.4, -0.2) is 59.7 Å². The highest BCUT2D eigenvalue weighted by molar-refractivity contribution is 4.82. The highest BCUT2D eigenvalue weighted by Crippen LogP contribution is 2.08. The van der Waals surface area contributed by atoms with Crippen molar-refractivity contribution in [2.75, 3.05) is 26.2 Å². The molecule has 1 rings (SSSR count). The van der Waals surface area contributed by atoms with Gasteiger partial charge in [0.15, 0.2) is 0 Å². The molecule has 2 atom stereocenters. The summed E-state index contributed by atoms with van der Waals surface area (Å²) in [5.41, 5.74) is 0. The molecule has 2 unspecified atom stereocenters. The van der Waals surface area contributed by atoms with Crippen molar-refractivity contribution in [3.8, 4) is 0 Å². The molecule has 2 N–H and O–H groups in total. The zero-order valence-corrected chi connectivity index (χ0v) is 8.31. The van der Waals surface area contributed by atoms with Gasteiger partial charge in [0.1, 0.15) is 0 Å². The number of aliphatic hydroxyl groups is 2. The number of hydrogen-bond acceptors (Lipinski definition) is 4. The zero-order chi connectivity index (χ0) is 9.84. The first-order valence-corrected chi connectivity index (χ1v) is 4.79. The predicted molar refractivity (Wildman–Crippen MR) is 49.5 cm³/mol. The lowest BCUT2D eigenvalue weighted by atomic mass is 10.3. The van der Waals surface area contributed by atoms with E-state index in [9.17, 15) is 10.2 Å². The van der Waals surface area contributed by atoms with E-state index in [1.54, 1.807) is 0 Å². The maximum atomic E-state index is 9.24. The first kappa shape index (κ1) is 10.9. The van der Waals surface area contributed by atoms with Crippen LogP contribution in [0.25, 0.3) is 0 Å². The van der Waals surface area contributed by atoms with Gasteiger partial charge in [0.05, 0.1) is 24.9 Å². The van der Waals surface area contributed by atoms with Crippen LogP contribution in [0.4, 0.5) is 0 Å². The van der Waals surface area contributed by atoms with Gasteiger partial charge in [-0.15, -0.1) is 0 Å². The second-order valence-electron chi connectivity index (χ2n) is 3.81. The summed E-state index contributed by atoms with van der Waals surface area (Å²) in [6, 6.07) is 0. The summed E-state index contributed by atoms with van der Waals surface area (Å²) >= 11 is 0. The molecule has 1 heterocycles. The van der Waals surface area contributed by atoms with Crippen LogP contribution in [0.15, 0.2) is 0 Å². The van der Waals surface area contributed by atoms with Crippen LogP contribution in [-0.2, 0) is 4.74 Å². The Morgan fingerprint density at radius 2 is 1.85 bits per heavy atom.